The lowest BCUT2D eigenvalue weighted by Crippen LogP contribution is -2.38. The Labute approximate surface area is 182 Å². The second-order valence-electron chi connectivity index (χ2n) is 8.44. The molecule has 0 heterocycles. The quantitative estimate of drug-likeness (QED) is 0.263. The summed E-state index contributed by atoms with van der Waals surface area (Å²) in [6.07, 6.45) is 1.81. The van der Waals surface area contributed by atoms with Crippen LogP contribution in [-0.4, -0.2) is 0 Å². The Hall–Kier alpha value is -1.25. The lowest BCUT2D eigenvalue weighted by atomic mass is 9.57. The van der Waals surface area contributed by atoms with Gasteiger partial charge in [0.2, 0.25) is 0 Å². The first-order chi connectivity index (χ1) is 13.4. The van der Waals surface area contributed by atoms with E-state index >= 15 is 0 Å². The van der Waals surface area contributed by atoms with Gasteiger partial charge in [-0.15, -0.1) is 0 Å². The van der Waals surface area contributed by atoms with Crippen LogP contribution >= 0.6 is 28.3 Å². The van der Waals surface area contributed by atoms with E-state index in [0.717, 1.165) is 12.6 Å². The van der Waals surface area contributed by atoms with E-state index in [0.29, 0.717) is 11.8 Å². The van der Waals surface area contributed by atoms with Gasteiger partial charge in [0, 0.05) is 5.92 Å². The summed E-state index contributed by atoms with van der Waals surface area (Å²) in [4.78, 5) is 0. The van der Waals surface area contributed by atoms with Crippen LogP contribution < -0.4 is 5.30 Å². The minimum Gasteiger partial charge on any atom is -0.207 e. The predicted octanol–water partition coefficient (Wildman–Crippen LogP) is 7.19. The van der Waals surface area contributed by atoms with Gasteiger partial charge in [-0.25, -0.2) is 4.39 Å². The maximum atomic E-state index is 13.6. The maximum Gasteiger partial charge on any atom is 0.123 e. The molecule has 0 bridgehead atoms. The molecule has 4 rings (SSSR count). The number of fused-ring (bicyclic) bond motifs is 1. The van der Waals surface area contributed by atoms with Crippen molar-refractivity contribution >= 4 is 33.6 Å². The van der Waals surface area contributed by atoms with Crippen molar-refractivity contribution in [3.8, 4) is 0 Å². The summed E-state index contributed by atoms with van der Waals surface area (Å²) in [6, 6.07) is 23.2. The summed E-state index contributed by atoms with van der Waals surface area (Å²) in [5, 5.41) is 1.41. The fourth-order valence-corrected chi connectivity index (χ4v) is 6.30. The first-order valence-corrected chi connectivity index (χ1v) is 13.8. The average Bonchev–Trinajstić information content (AvgIpc) is 2.68. The molecule has 0 N–H and O–H groups in total. The van der Waals surface area contributed by atoms with Gasteiger partial charge >= 0.3 is 0 Å². The van der Waals surface area contributed by atoms with Crippen LogP contribution in [0.4, 0.5) is 4.39 Å². The number of halogens is 2. The minimum atomic E-state index is -0.169. The topological polar surface area (TPSA) is 0 Å². The molecule has 0 amide bonds. The Bertz CT molecular complexity index is 976. The lowest BCUT2D eigenvalue weighted by molar-refractivity contribution is 0.326. The number of benzene rings is 3. The molecule has 0 saturated heterocycles. The van der Waals surface area contributed by atoms with Gasteiger partial charge in [0.05, 0.1) is 0 Å². The smallest absolute Gasteiger partial charge is 0.123 e. The van der Waals surface area contributed by atoms with Crippen LogP contribution in [0, 0.1) is 12.7 Å². The van der Waals surface area contributed by atoms with Crippen LogP contribution in [0.2, 0.25) is 0 Å². The van der Waals surface area contributed by atoms with Crippen LogP contribution in [0.5, 0.6) is 0 Å². The second kappa shape index (κ2) is 7.88. The minimum absolute atomic E-state index is 0.0338. The zero-order valence-electron chi connectivity index (χ0n) is 16.5. The standard InChI is InChI=1S/C25H25FIP/c1-16-4-6-17(7-5-16)22-15-19-14-21(28-27)12-13-23(19)25(2,3)24(22)18-8-10-20(26)11-9-18/h4-14,22,24,28H,15H2,1-3H3. The molecule has 0 fully saturated rings. The van der Waals surface area contributed by atoms with E-state index < -0.39 is 0 Å². The Morgan fingerprint density at radius 1 is 0.929 bits per heavy atom. The molecule has 0 spiro atoms. The van der Waals surface area contributed by atoms with E-state index in [1.54, 1.807) is 12.1 Å². The normalized spacial score (nSPS) is 21.0. The molecule has 1 aliphatic carbocycles. The Kier molecular flexibility index (Phi) is 5.64. The largest absolute Gasteiger partial charge is 0.207 e. The van der Waals surface area contributed by atoms with Gasteiger partial charge in [-0.3, -0.25) is 0 Å². The van der Waals surface area contributed by atoms with Gasteiger partial charge in [0.25, 0.3) is 0 Å². The fraction of sp³-hybridized carbons (Fsp3) is 0.280. The predicted molar refractivity (Wildman–Crippen MR) is 128 cm³/mol. The number of hydrogen-bond donors (Lipinski definition) is 0. The maximum absolute atomic E-state index is 13.6. The zero-order chi connectivity index (χ0) is 19.9. The third-order valence-electron chi connectivity index (χ3n) is 6.26. The van der Waals surface area contributed by atoms with Crippen molar-refractivity contribution in [2.45, 2.75) is 44.4 Å². The van der Waals surface area contributed by atoms with Gasteiger partial charge in [0.1, 0.15) is 5.82 Å². The van der Waals surface area contributed by atoms with Gasteiger partial charge in [0.15, 0.2) is 0 Å². The van der Waals surface area contributed by atoms with E-state index in [-0.39, 0.29) is 11.2 Å². The van der Waals surface area contributed by atoms with Gasteiger partial charge < -0.3 is 0 Å². The van der Waals surface area contributed by atoms with Crippen molar-refractivity contribution in [1.82, 2.24) is 0 Å². The average molecular weight is 502 g/mol. The molecule has 0 saturated carbocycles. The number of rotatable bonds is 3. The summed E-state index contributed by atoms with van der Waals surface area (Å²) in [6.45, 7) is 6.84. The van der Waals surface area contributed by atoms with Gasteiger partial charge in [-0.1, -0.05) is 96.0 Å². The molecular weight excluding hydrogens is 477 g/mol. The summed E-state index contributed by atoms with van der Waals surface area (Å²) >= 11 is 2.47. The van der Waals surface area contributed by atoms with Crippen molar-refractivity contribution in [3.63, 3.8) is 0 Å². The van der Waals surface area contributed by atoms with Crippen LogP contribution in [0.25, 0.3) is 0 Å². The molecule has 0 radical (unpaired) electrons. The summed E-state index contributed by atoms with van der Waals surface area (Å²) < 4.78 is 13.6. The van der Waals surface area contributed by atoms with Gasteiger partial charge in [-0.2, -0.15) is 0 Å². The molecule has 3 heteroatoms. The molecule has 1 aliphatic rings. The molecule has 28 heavy (non-hydrogen) atoms. The highest BCUT2D eigenvalue weighted by Gasteiger charge is 2.43. The van der Waals surface area contributed by atoms with Crippen molar-refractivity contribution in [1.29, 1.82) is 0 Å². The summed E-state index contributed by atoms with van der Waals surface area (Å²) in [7, 11) is 0. The third-order valence-corrected chi connectivity index (χ3v) is 8.66. The van der Waals surface area contributed by atoms with Crippen molar-refractivity contribution in [3.05, 3.63) is 100 Å². The highest BCUT2D eigenvalue weighted by atomic mass is 127. The van der Waals surface area contributed by atoms with Crippen molar-refractivity contribution < 1.29 is 4.39 Å². The number of aryl methyl sites for hydroxylation is 1. The van der Waals surface area contributed by atoms with Crippen LogP contribution in [-0.2, 0) is 11.8 Å². The molecular formula is C25H25FIP. The number of hydrogen-bond acceptors (Lipinski definition) is 0. The Balaban J connectivity index is 1.89. The molecule has 3 aromatic carbocycles. The van der Waals surface area contributed by atoms with E-state index in [4.69, 9.17) is 0 Å². The van der Waals surface area contributed by atoms with Crippen molar-refractivity contribution in [2.75, 3.05) is 0 Å². The molecule has 3 atom stereocenters. The van der Waals surface area contributed by atoms with E-state index in [2.05, 4.69) is 85.3 Å². The fourth-order valence-electron chi connectivity index (χ4n) is 4.92. The van der Waals surface area contributed by atoms with Crippen LogP contribution in [0.15, 0.2) is 66.7 Å². The third kappa shape index (κ3) is 3.66. The Morgan fingerprint density at radius 2 is 1.57 bits per heavy atom. The van der Waals surface area contributed by atoms with Gasteiger partial charge in [-0.05, 0) is 70.6 Å². The first-order valence-electron chi connectivity index (χ1n) is 9.72. The highest BCUT2D eigenvalue weighted by molar-refractivity contribution is 14.2. The molecule has 0 nitrogen and oxygen atoms in total. The van der Waals surface area contributed by atoms with E-state index in [1.807, 2.05) is 12.1 Å². The highest BCUT2D eigenvalue weighted by Crippen LogP contribution is 2.53. The molecule has 3 aromatic rings. The zero-order valence-corrected chi connectivity index (χ0v) is 19.6. The molecule has 3 unspecified atom stereocenters. The van der Waals surface area contributed by atoms with Crippen LogP contribution in [0.3, 0.4) is 0 Å². The summed E-state index contributed by atoms with van der Waals surface area (Å²) in [5.41, 5.74) is 6.75. The van der Waals surface area contributed by atoms with E-state index in [9.17, 15) is 4.39 Å². The Morgan fingerprint density at radius 3 is 2.21 bits per heavy atom. The molecule has 0 aromatic heterocycles. The lowest BCUT2D eigenvalue weighted by Gasteiger charge is -2.46. The first kappa shape index (κ1) is 20.0. The second-order valence-corrected chi connectivity index (χ2v) is 10.8. The van der Waals surface area contributed by atoms with E-state index in [1.165, 1.54) is 33.1 Å². The van der Waals surface area contributed by atoms with Crippen molar-refractivity contribution in [2.24, 2.45) is 0 Å². The SMILES string of the molecule is Cc1ccc(C2Cc3cc(PI)ccc3C(C)(C)C2c2ccc(F)cc2)cc1. The van der Waals surface area contributed by atoms with Crippen LogP contribution in [0.1, 0.15) is 53.5 Å². The molecule has 0 aliphatic heterocycles. The summed E-state index contributed by atoms with van der Waals surface area (Å²) in [5.74, 6) is 0.509. The monoisotopic (exact) mass is 502 g/mol. The molecule has 144 valence electrons.